The summed E-state index contributed by atoms with van der Waals surface area (Å²) in [5.74, 6) is 0.149. The number of likely N-dealkylation sites (N-methyl/N-ethyl adjacent to an activating group) is 1. The first kappa shape index (κ1) is 15.3. The summed E-state index contributed by atoms with van der Waals surface area (Å²) >= 11 is 0. The molecular weight excluding hydrogens is 260 g/mol. The number of Topliss-reactive ketones (excluding diaryl/α,β-unsaturated/α-hetero) is 1. The number of hydrogen-bond donors (Lipinski definition) is 1. The van der Waals surface area contributed by atoms with Gasteiger partial charge in [0.15, 0.2) is 5.78 Å². The van der Waals surface area contributed by atoms with E-state index in [4.69, 9.17) is 5.73 Å². The zero-order valence-electron chi connectivity index (χ0n) is 12.6. The number of carbonyl (C=O) groups excluding carboxylic acids is 1. The molecule has 0 saturated carbocycles. The zero-order chi connectivity index (χ0) is 15.2. The van der Waals surface area contributed by atoms with E-state index in [-0.39, 0.29) is 11.8 Å². The van der Waals surface area contributed by atoms with Gasteiger partial charge in [0.25, 0.3) is 0 Å². The van der Waals surface area contributed by atoms with Crippen LogP contribution >= 0.6 is 0 Å². The van der Waals surface area contributed by atoms with Crippen LogP contribution in [0.15, 0.2) is 54.6 Å². The minimum atomic E-state index is -0.117. The van der Waals surface area contributed by atoms with E-state index < -0.39 is 0 Å². The predicted octanol–water partition coefficient (Wildman–Crippen LogP) is 3.36. The molecule has 0 heterocycles. The number of carbonyl (C=O) groups is 1. The standard InChI is InChI=1S/C18H22N2O/c1-3-17(18(21)15-9-11-16(19)12-10-15)20(2)13-14-7-5-4-6-8-14/h4-12,17H,3,13,19H2,1-2H3. The molecule has 0 bridgehead atoms. The fourth-order valence-electron chi connectivity index (χ4n) is 2.52. The highest BCUT2D eigenvalue weighted by molar-refractivity contribution is 6.00. The lowest BCUT2D eigenvalue weighted by Crippen LogP contribution is -2.37. The maximum Gasteiger partial charge on any atom is 0.179 e. The Morgan fingerprint density at radius 3 is 2.29 bits per heavy atom. The Morgan fingerprint density at radius 2 is 1.71 bits per heavy atom. The fourth-order valence-corrected chi connectivity index (χ4v) is 2.52. The van der Waals surface area contributed by atoms with Gasteiger partial charge in [-0.15, -0.1) is 0 Å². The van der Waals surface area contributed by atoms with Crippen molar-refractivity contribution in [3.8, 4) is 0 Å². The summed E-state index contributed by atoms with van der Waals surface area (Å²) < 4.78 is 0. The predicted molar refractivity (Wildman–Crippen MR) is 87.2 cm³/mol. The van der Waals surface area contributed by atoms with Crippen LogP contribution in [0.3, 0.4) is 0 Å². The third-order valence-corrected chi connectivity index (χ3v) is 3.69. The van der Waals surface area contributed by atoms with Gasteiger partial charge in [0.1, 0.15) is 0 Å². The lowest BCUT2D eigenvalue weighted by molar-refractivity contribution is 0.0838. The monoisotopic (exact) mass is 282 g/mol. The molecule has 2 rings (SSSR count). The number of rotatable bonds is 6. The Morgan fingerprint density at radius 1 is 1.10 bits per heavy atom. The molecule has 2 aromatic carbocycles. The van der Waals surface area contributed by atoms with Gasteiger partial charge >= 0.3 is 0 Å². The summed E-state index contributed by atoms with van der Waals surface area (Å²) in [5, 5.41) is 0. The topological polar surface area (TPSA) is 46.3 Å². The van der Waals surface area contributed by atoms with Crippen molar-refractivity contribution >= 4 is 11.5 Å². The number of benzene rings is 2. The van der Waals surface area contributed by atoms with E-state index in [1.807, 2.05) is 32.2 Å². The van der Waals surface area contributed by atoms with Crippen LogP contribution in [0.2, 0.25) is 0 Å². The molecule has 0 amide bonds. The van der Waals surface area contributed by atoms with Crippen LogP contribution in [0, 0.1) is 0 Å². The summed E-state index contributed by atoms with van der Waals surface area (Å²) in [7, 11) is 2.00. The summed E-state index contributed by atoms with van der Waals surface area (Å²) in [6, 6.07) is 17.2. The molecule has 0 fully saturated rings. The molecule has 1 atom stereocenters. The van der Waals surface area contributed by atoms with Crippen LogP contribution in [0.5, 0.6) is 0 Å². The second-order valence-electron chi connectivity index (χ2n) is 5.31. The Kier molecular flexibility index (Phi) is 5.12. The van der Waals surface area contributed by atoms with Gasteiger partial charge in [-0.05, 0) is 43.3 Å². The average Bonchev–Trinajstić information content (AvgIpc) is 2.49. The highest BCUT2D eigenvalue weighted by Crippen LogP contribution is 2.15. The smallest absolute Gasteiger partial charge is 0.179 e. The Hall–Kier alpha value is -2.13. The molecule has 2 N–H and O–H groups in total. The Labute approximate surface area is 126 Å². The van der Waals surface area contributed by atoms with Crippen molar-refractivity contribution in [3.63, 3.8) is 0 Å². The Balaban J connectivity index is 2.11. The van der Waals surface area contributed by atoms with E-state index in [1.165, 1.54) is 5.56 Å². The van der Waals surface area contributed by atoms with Crippen LogP contribution in [0.4, 0.5) is 5.69 Å². The average molecular weight is 282 g/mol. The summed E-state index contributed by atoms with van der Waals surface area (Å²) in [5.41, 5.74) is 8.28. The number of hydrogen-bond acceptors (Lipinski definition) is 3. The third kappa shape index (κ3) is 3.92. The van der Waals surface area contributed by atoms with Gasteiger partial charge in [-0.2, -0.15) is 0 Å². The molecule has 0 saturated heterocycles. The first-order valence-electron chi connectivity index (χ1n) is 7.25. The van der Waals surface area contributed by atoms with Crippen molar-refractivity contribution < 1.29 is 4.79 Å². The molecule has 3 nitrogen and oxygen atoms in total. The molecular formula is C18H22N2O. The zero-order valence-corrected chi connectivity index (χ0v) is 12.6. The molecule has 110 valence electrons. The second kappa shape index (κ2) is 7.04. The van der Waals surface area contributed by atoms with E-state index in [1.54, 1.807) is 24.3 Å². The van der Waals surface area contributed by atoms with Crippen molar-refractivity contribution in [2.75, 3.05) is 12.8 Å². The lowest BCUT2D eigenvalue weighted by atomic mass is 10.0. The number of nitrogens with zero attached hydrogens (tertiary/aromatic N) is 1. The van der Waals surface area contributed by atoms with Gasteiger partial charge < -0.3 is 5.73 Å². The minimum Gasteiger partial charge on any atom is -0.399 e. The van der Waals surface area contributed by atoms with Crippen molar-refractivity contribution in [3.05, 3.63) is 65.7 Å². The summed E-state index contributed by atoms with van der Waals surface area (Å²) in [6.45, 7) is 2.81. The van der Waals surface area contributed by atoms with Crippen LogP contribution in [0.1, 0.15) is 29.3 Å². The molecule has 0 aliphatic heterocycles. The lowest BCUT2D eigenvalue weighted by Gasteiger charge is -2.26. The highest BCUT2D eigenvalue weighted by atomic mass is 16.1. The minimum absolute atomic E-state index is 0.117. The molecule has 0 spiro atoms. The maximum atomic E-state index is 12.6. The first-order chi connectivity index (χ1) is 10.1. The SMILES string of the molecule is CCC(C(=O)c1ccc(N)cc1)N(C)Cc1ccccc1. The molecule has 1 unspecified atom stereocenters. The van der Waals surface area contributed by atoms with Crippen molar-refractivity contribution in [1.82, 2.24) is 4.90 Å². The van der Waals surface area contributed by atoms with E-state index in [0.29, 0.717) is 5.69 Å². The van der Waals surface area contributed by atoms with Gasteiger partial charge in [-0.25, -0.2) is 0 Å². The molecule has 0 aliphatic carbocycles. The molecule has 0 aliphatic rings. The maximum absolute atomic E-state index is 12.6. The summed E-state index contributed by atoms with van der Waals surface area (Å²) in [4.78, 5) is 14.7. The van der Waals surface area contributed by atoms with Crippen LogP contribution < -0.4 is 5.73 Å². The van der Waals surface area contributed by atoms with Gasteiger partial charge in [0.05, 0.1) is 6.04 Å². The largest absolute Gasteiger partial charge is 0.399 e. The Bertz CT molecular complexity index is 578. The van der Waals surface area contributed by atoms with Gasteiger partial charge in [0, 0.05) is 17.8 Å². The van der Waals surface area contributed by atoms with Crippen molar-refractivity contribution in [2.24, 2.45) is 0 Å². The van der Waals surface area contributed by atoms with Crippen LogP contribution in [-0.2, 0) is 6.54 Å². The van der Waals surface area contributed by atoms with Crippen molar-refractivity contribution in [2.45, 2.75) is 25.9 Å². The number of ketones is 1. The number of nitrogen functional groups attached to an aromatic ring is 1. The van der Waals surface area contributed by atoms with Gasteiger partial charge in [-0.3, -0.25) is 9.69 Å². The normalized spacial score (nSPS) is 12.3. The van der Waals surface area contributed by atoms with E-state index in [0.717, 1.165) is 18.5 Å². The van der Waals surface area contributed by atoms with E-state index in [9.17, 15) is 4.79 Å². The van der Waals surface area contributed by atoms with Crippen LogP contribution in [0.25, 0.3) is 0 Å². The quantitative estimate of drug-likeness (QED) is 0.653. The first-order valence-corrected chi connectivity index (χ1v) is 7.25. The fraction of sp³-hybridized carbons (Fsp3) is 0.278. The van der Waals surface area contributed by atoms with Crippen LogP contribution in [-0.4, -0.2) is 23.8 Å². The number of nitrogens with two attached hydrogens (primary N) is 1. The molecule has 0 aromatic heterocycles. The van der Waals surface area contributed by atoms with Gasteiger partial charge in [0.2, 0.25) is 0 Å². The van der Waals surface area contributed by atoms with E-state index in [2.05, 4.69) is 17.0 Å². The molecule has 21 heavy (non-hydrogen) atoms. The molecule has 2 aromatic rings. The van der Waals surface area contributed by atoms with Crippen molar-refractivity contribution in [1.29, 1.82) is 0 Å². The number of anilines is 1. The second-order valence-corrected chi connectivity index (χ2v) is 5.31. The molecule has 3 heteroatoms. The summed E-state index contributed by atoms with van der Waals surface area (Å²) in [6.07, 6.45) is 0.784. The molecule has 0 radical (unpaired) electrons. The highest BCUT2D eigenvalue weighted by Gasteiger charge is 2.22. The van der Waals surface area contributed by atoms with Gasteiger partial charge in [-0.1, -0.05) is 37.3 Å². The third-order valence-electron chi connectivity index (χ3n) is 3.69. The van der Waals surface area contributed by atoms with E-state index >= 15 is 0 Å².